The van der Waals surface area contributed by atoms with E-state index in [0.29, 0.717) is 0 Å². The van der Waals surface area contributed by atoms with E-state index in [9.17, 15) is 0 Å². The van der Waals surface area contributed by atoms with Gasteiger partial charge in [0.2, 0.25) is 0 Å². The van der Waals surface area contributed by atoms with E-state index in [0.717, 1.165) is 34.1 Å². The summed E-state index contributed by atoms with van der Waals surface area (Å²) in [5.74, 6) is 0. The van der Waals surface area contributed by atoms with E-state index >= 15 is 0 Å². The Morgan fingerprint density at radius 2 is 0.500 bits per heavy atom. The van der Waals surface area contributed by atoms with E-state index in [1.165, 1.54) is 139 Å². The maximum atomic E-state index is 2.49. The highest BCUT2D eigenvalue weighted by atomic mass is 15.1. The maximum Gasteiger partial charge on any atom is 0.0714 e. The lowest BCUT2D eigenvalue weighted by atomic mass is 9.66. The molecule has 0 heterocycles. The van der Waals surface area contributed by atoms with Crippen LogP contribution in [0, 0.1) is 34.6 Å². The molecule has 0 N–H and O–H groups in total. The van der Waals surface area contributed by atoms with Crippen LogP contribution in [-0.4, -0.2) is 0 Å². The molecule has 2 heteroatoms. The first-order valence-electron chi connectivity index (χ1n) is 32.6. The highest BCUT2D eigenvalue weighted by Gasteiger charge is 2.47. The van der Waals surface area contributed by atoms with Crippen molar-refractivity contribution in [3.8, 4) is 66.8 Å². The third-order valence-corrected chi connectivity index (χ3v) is 20.6. The molecule has 0 fully saturated rings. The minimum Gasteiger partial charge on any atom is -0.310 e. The van der Waals surface area contributed by atoms with Gasteiger partial charge in [-0.25, -0.2) is 0 Å². The molecule has 92 heavy (non-hydrogen) atoms. The number of hydrogen-bond donors (Lipinski definition) is 0. The summed E-state index contributed by atoms with van der Waals surface area (Å²) in [7, 11) is 0. The third-order valence-electron chi connectivity index (χ3n) is 20.6. The van der Waals surface area contributed by atoms with Crippen LogP contribution in [-0.2, 0) is 16.2 Å². The smallest absolute Gasteiger partial charge is 0.0714 e. The lowest BCUT2D eigenvalue weighted by molar-refractivity contribution is 0.660. The SMILES string of the molecule is Cc1ccc(N(c2ccc(-c3ccc4c(c3)C(C)(C)c3cc(C)ccc3-4)cc2)c2ccc3c(c2)C(C)(C)c2cc(N(c4ccc(C)cc4)c4ccc(-c5ccc6c(c5)C(c5cccc(C)c5)(c5cccc(C)c5)c5cc(-c7ccccc7)ccc5-6)cc4)ccc2-3)cc1. The van der Waals surface area contributed by atoms with E-state index in [4.69, 9.17) is 0 Å². The van der Waals surface area contributed by atoms with Crippen LogP contribution in [0.5, 0.6) is 0 Å². The molecule has 0 spiro atoms. The van der Waals surface area contributed by atoms with Crippen LogP contribution in [0.2, 0.25) is 0 Å². The van der Waals surface area contributed by atoms with Gasteiger partial charge in [0.05, 0.1) is 5.41 Å². The fourth-order valence-corrected chi connectivity index (χ4v) is 15.8. The topological polar surface area (TPSA) is 6.48 Å². The fraction of sp³-hybridized carbons (Fsp3) is 0.133. The van der Waals surface area contributed by atoms with Crippen LogP contribution in [0.3, 0.4) is 0 Å². The Morgan fingerprint density at radius 3 is 0.913 bits per heavy atom. The standard InChI is InChI=1S/C90H74N2/c1-57-21-33-70(34-22-57)91(72-37-26-63(27-38-72)65-30-44-77-76-43-25-61(5)51-82(76)88(6,7)83(77)52-65)74-41-47-78-79-48-42-75(56-85(79)89(8,9)84(78)55-74)92(71-35-23-58(2)24-36-71)73-39-28-64(29-40-73)67-32-46-81-80-45-31-66(62-17-11-10-12-18-62)53-86(80)90(87(81)54-67,68-19-13-15-59(3)49-68)69-20-14-16-60(4)50-69/h10-56H,1-9H3. The first kappa shape index (κ1) is 56.7. The maximum absolute atomic E-state index is 2.49. The Kier molecular flexibility index (Phi) is 13.3. The molecule has 0 aromatic heterocycles. The molecule has 0 unspecified atom stereocenters. The van der Waals surface area contributed by atoms with Crippen molar-refractivity contribution < 1.29 is 0 Å². The Balaban J connectivity index is 0.746. The molecule has 0 aliphatic heterocycles. The van der Waals surface area contributed by atoms with Gasteiger partial charge in [0, 0.05) is 45.0 Å². The quantitative estimate of drug-likeness (QED) is 0.127. The normalized spacial score (nSPS) is 14.0. The van der Waals surface area contributed by atoms with Crippen LogP contribution in [0.15, 0.2) is 285 Å². The molecular weight excluding hydrogens is 1110 g/mol. The number of fused-ring (bicyclic) bond motifs is 9. The second kappa shape index (κ2) is 21.6. The molecule has 0 radical (unpaired) electrons. The number of rotatable bonds is 11. The van der Waals surface area contributed by atoms with Crippen molar-refractivity contribution in [2.45, 2.75) is 78.6 Å². The molecule has 2 nitrogen and oxygen atoms in total. The summed E-state index contributed by atoms with van der Waals surface area (Å²) >= 11 is 0. The van der Waals surface area contributed by atoms with Gasteiger partial charge >= 0.3 is 0 Å². The highest BCUT2D eigenvalue weighted by molar-refractivity contribution is 5.93. The van der Waals surface area contributed by atoms with Gasteiger partial charge in [0.25, 0.3) is 0 Å². The molecular formula is C90H74N2. The summed E-state index contributed by atoms with van der Waals surface area (Å²) in [6.45, 7) is 20.5. The number of aryl methyl sites for hydroxylation is 5. The zero-order valence-corrected chi connectivity index (χ0v) is 54.0. The van der Waals surface area contributed by atoms with Gasteiger partial charge in [-0.05, 0) is 237 Å². The molecule has 0 bridgehead atoms. The second-order valence-corrected chi connectivity index (χ2v) is 27.3. The lowest BCUT2D eigenvalue weighted by Gasteiger charge is -2.35. The van der Waals surface area contributed by atoms with Crippen molar-refractivity contribution >= 4 is 34.1 Å². The summed E-state index contributed by atoms with van der Waals surface area (Å²) in [6, 6.07) is 108. The Hall–Kier alpha value is -10.5. The number of nitrogens with zero attached hydrogens (tertiary/aromatic N) is 2. The van der Waals surface area contributed by atoms with Crippen molar-refractivity contribution in [2.75, 3.05) is 9.80 Å². The predicted octanol–water partition coefficient (Wildman–Crippen LogP) is 24.1. The first-order valence-corrected chi connectivity index (χ1v) is 32.6. The minimum absolute atomic E-state index is 0.0686. The minimum atomic E-state index is -0.559. The fourth-order valence-electron chi connectivity index (χ4n) is 15.8. The molecule has 13 aromatic rings. The molecule has 3 aliphatic rings. The zero-order chi connectivity index (χ0) is 62.8. The van der Waals surface area contributed by atoms with Gasteiger partial charge in [0.1, 0.15) is 0 Å². The van der Waals surface area contributed by atoms with Crippen LogP contribution in [0.1, 0.15) is 100 Å². The van der Waals surface area contributed by atoms with Gasteiger partial charge in [-0.1, -0.05) is 250 Å². The van der Waals surface area contributed by atoms with Crippen LogP contribution < -0.4 is 9.80 Å². The second-order valence-electron chi connectivity index (χ2n) is 27.3. The third kappa shape index (κ3) is 9.13. The monoisotopic (exact) mass is 1180 g/mol. The zero-order valence-electron chi connectivity index (χ0n) is 54.0. The van der Waals surface area contributed by atoms with Gasteiger partial charge in [-0.3, -0.25) is 0 Å². The van der Waals surface area contributed by atoms with E-state index in [2.05, 4.69) is 357 Å². The summed E-state index contributed by atoms with van der Waals surface area (Å²) in [5, 5.41) is 0. The lowest BCUT2D eigenvalue weighted by Crippen LogP contribution is -2.29. The number of anilines is 6. The Labute approximate surface area is 543 Å². The van der Waals surface area contributed by atoms with Gasteiger partial charge in [-0.2, -0.15) is 0 Å². The van der Waals surface area contributed by atoms with Crippen molar-refractivity contribution in [3.05, 3.63) is 357 Å². The van der Waals surface area contributed by atoms with Crippen molar-refractivity contribution in [1.82, 2.24) is 0 Å². The van der Waals surface area contributed by atoms with Gasteiger partial charge in [0.15, 0.2) is 0 Å². The summed E-state index contributed by atoms with van der Waals surface area (Å²) in [6.07, 6.45) is 0. The largest absolute Gasteiger partial charge is 0.310 e. The van der Waals surface area contributed by atoms with Crippen LogP contribution >= 0.6 is 0 Å². The molecule has 0 atom stereocenters. The Morgan fingerprint density at radius 1 is 0.207 bits per heavy atom. The summed E-state index contributed by atoms with van der Waals surface area (Å²) in [5.41, 5.74) is 37.8. The average molecular weight is 1180 g/mol. The van der Waals surface area contributed by atoms with Crippen molar-refractivity contribution in [2.24, 2.45) is 0 Å². The van der Waals surface area contributed by atoms with E-state index < -0.39 is 5.41 Å². The molecule has 13 aromatic carbocycles. The summed E-state index contributed by atoms with van der Waals surface area (Å²) in [4.78, 5) is 4.86. The summed E-state index contributed by atoms with van der Waals surface area (Å²) < 4.78 is 0. The van der Waals surface area contributed by atoms with E-state index in [1.807, 2.05) is 0 Å². The van der Waals surface area contributed by atoms with Crippen LogP contribution in [0.4, 0.5) is 34.1 Å². The van der Waals surface area contributed by atoms with Gasteiger partial charge < -0.3 is 9.80 Å². The molecule has 0 saturated heterocycles. The highest BCUT2D eigenvalue weighted by Crippen LogP contribution is 2.59. The first-order chi connectivity index (χ1) is 44.6. The molecule has 0 saturated carbocycles. The average Bonchev–Trinajstić information content (AvgIpc) is 1.51. The van der Waals surface area contributed by atoms with E-state index in [-0.39, 0.29) is 10.8 Å². The molecule has 0 amide bonds. The van der Waals surface area contributed by atoms with E-state index in [1.54, 1.807) is 0 Å². The molecule has 16 rings (SSSR count). The number of benzene rings is 13. The van der Waals surface area contributed by atoms with Gasteiger partial charge in [-0.15, -0.1) is 0 Å². The molecule has 3 aliphatic carbocycles. The Bertz CT molecular complexity index is 5020. The van der Waals surface area contributed by atoms with Crippen molar-refractivity contribution in [3.63, 3.8) is 0 Å². The molecule has 444 valence electrons. The number of hydrogen-bond acceptors (Lipinski definition) is 2. The van der Waals surface area contributed by atoms with Crippen LogP contribution in [0.25, 0.3) is 66.8 Å². The van der Waals surface area contributed by atoms with Crippen molar-refractivity contribution in [1.29, 1.82) is 0 Å². The predicted molar refractivity (Wildman–Crippen MR) is 388 cm³/mol.